The van der Waals surface area contributed by atoms with Crippen molar-refractivity contribution in [3.05, 3.63) is 106 Å². The first-order chi connectivity index (χ1) is 17.3. The van der Waals surface area contributed by atoms with Gasteiger partial charge in [-0.1, -0.05) is 71.7 Å². The van der Waals surface area contributed by atoms with Crippen LogP contribution in [0.4, 0.5) is 5.69 Å². The standard InChI is InChI=1S/C27H19Cl2N3O4/c1-16-10-12-18(14-23(16)29)31-25(33)26(34)32-30-15-21-19-7-3-2-6-17(19)11-13-24(21)36-27(35)20-8-4-5-9-22(20)28/h2-15H,1H3,(H,31,33)(H,32,34). The summed E-state index contributed by atoms with van der Waals surface area (Å²) < 4.78 is 5.61. The van der Waals surface area contributed by atoms with E-state index in [1.165, 1.54) is 6.21 Å². The minimum absolute atomic E-state index is 0.204. The minimum atomic E-state index is -0.988. The Morgan fingerprint density at radius 3 is 2.39 bits per heavy atom. The number of halogens is 2. The van der Waals surface area contributed by atoms with E-state index in [9.17, 15) is 14.4 Å². The zero-order valence-corrected chi connectivity index (χ0v) is 20.4. The number of ether oxygens (including phenoxy) is 1. The molecule has 0 bridgehead atoms. The molecule has 180 valence electrons. The third-order valence-electron chi connectivity index (χ3n) is 5.22. The van der Waals surface area contributed by atoms with E-state index < -0.39 is 17.8 Å². The monoisotopic (exact) mass is 519 g/mol. The zero-order valence-electron chi connectivity index (χ0n) is 18.9. The fraction of sp³-hybridized carbons (Fsp3) is 0.0370. The second kappa shape index (κ2) is 11.0. The second-order valence-electron chi connectivity index (χ2n) is 7.69. The average molecular weight is 520 g/mol. The molecule has 0 aliphatic carbocycles. The lowest BCUT2D eigenvalue weighted by Crippen LogP contribution is -2.32. The van der Waals surface area contributed by atoms with Gasteiger partial charge in [0, 0.05) is 16.3 Å². The number of anilines is 1. The molecule has 4 aromatic rings. The Morgan fingerprint density at radius 1 is 0.861 bits per heavy atom. The Balaban J connectivity index is 1.54. The zero-order chi connectivity index (χ0) is 25.7. The summed E-state index contributed by atoms with van der Waals surface area (Å²) in [7, 11) is 0. The number of hydrazone groups is 1. The molecule has 0 aliphatic rings. The van der Waals surface area contributed by atoms with Crippen LogP contribution >= 0.6 is 23.2 Å². The van der Waals surface area contributed by atoms with Gasteiger partial charge in [-0.05, 0) is 53.6 Å². The van der Waals surface area contributed by atoms with Crippen LogP contribution in [-0.2, 0) is 9.59 Å². The second-order valence-corrected chi connectivity index (χ2v) is 8.50. The highest BCUT2D eigenvalue weighted by Gasteiger charge is 2.17. The van der Waals surface area contributed by atoms with E-state index >= 15 is 0 Å². The van der Waals surface area contributed by atoms with Crippen molar-refractivity contribution < 1.29 is 19.1 Å². The highest BCUT2D eigenvalue weighted by Crippen LogP contribution is 2.28. The minimum Gasteiger partial charge on any atom is -0.422 e. The van der Waals surface area contributed by atoms with Crippen LogP contribution in [0.5, 0.6) is 5.75 Å². The molecule has 2 amide bonds. The van der Waals surface area contributed by atoms with Gasteiger partial charge in [-0.15, -0.1) is 0 Å². The van der Waals surface area contributed by atoms with E-state index in [4.69, 9.17) is 27.9 Å². The van der Waals surface area contributed by atoms with Gasteiger partial charge in [-0.3, -0.25) is 9.59 Å². The third kappa shape index (κ3) is 5.71. The van der Waals surface area contributed by atoms with Gasteiger partial charge in [0.2, 0.25) is 0 Å². The van der Waals surface area contributed by atoms with Gasteiger partial charge in [-0.25, -0.2) is 10.2 Å². The molecule has 9 heteroatoms. The first kappa shape index (κ1) is 24.9. The quantitative estimate of drug-likeness (QED) is 0.115. The fourth-order valence-corrected chi connectivity index (χ4v) is 3.74. The van der Waals surface area contributed by atoms with Crippen LogP contribution in [-0.4, -0.2) is 24.0 Å². The summed E-state index contributed by atoms with van der Waals surface area (Å²) in [5.74, 6) is -2.35. The molecule has 0 saturated heterocycles. The highest BCUT2D eigenvalue weighted by atomic mass is 35.5. The molecule has 0 aromatic heterocycles. The first-order valence-corrected chi connectivity index (χ1v) is 11.5. The molecule has 0 unspecified atom stereocenters. The number of nitrogens with zero attached hydrogens (tertiary/aromatic N) is 1. The van der Waals surface area contributed by atoms with E-state index in [0.717, 1.165) is 16.3 Å². The van der Waals surface area contributed by atoms with Crippen LogP contribution in [0.3, 0.4) is 0 Å². The van der Waals surface area contributed by atoms with E-state index in [2.05, 4.69) is 15.8 Å². The summed E-state index contributed by atoms with van der Waals surface area (Å²) in [5, 5.41) is 8.67. The maximum absolute atomic E-state index is 12.7. The molecule has 0 atom stereocenters. The molecule has 7 nitrogen and oxygen atoms in total. The number of rotatable bonds is 5. The molecule has 2 N–H and O–H groups in total. The van der Waals surface area contributed by atoms with Crippen LogP contribution in [0.1, 0.15) is 21.5 Å². The number of carbonyl (C=O) groups excluding carboxylic acids is 3. The molecule has 0 fully saturated rings. The van der Waals surface area contributed by atoms with Crippen molar-refractivity contribution >= 4 is 63.7 Å². The predicted octanol–water partition coefficient (Wildman–Crippen LogP) is 5.76. The Hall–Kier alpha value is -4.20. The Bertz CT molecular complexity index is 1520. The molecule has 4 aromatic carbocycles. The SMILES string of the molecule is Cc1ccc(NC(=O)C(=O)NN=Cc2c(OC(=O)c3ccccc3Cl)ccc3ccccc23)cc1Cl. The van der Waals surface area contributed by atoms with Crippen LogP contribution in [0.15, 0.2) is 84.0 Å². The predicted molar refractivity (Wildman–Crippen MR) is 141 cm³/mol. The Morgan fingerprint density at radius 2 is 1.61 bits per heavy atom. The number of benzene rings is 4. The van der Waals surface area contributed by atoms with Gasteiger partial charge in [-0.2, -0.15) is 5.10 Å². The molecular formula is C27H19Cl2N3O4. The number of hydrogen-bond donors (Lipinski definition) is 2. The van der Waals surface area contributed by atoms with Crippen molar-refractivity contribution in [2.75, 3.05) is 5.32 Å². The van der Waals surface area contributed by atoms with E-state index in [0.29, 0.717) is 16.3 Å². The number of fused-ring (bicyclic) bond motifs is 1. The molecule has 0 aliphatic heterocycles. The van der Waals surface area contributed by atoms with Crippen molar-refractivity contribution in [3.8, 4) is 5.75 Å². The lowest BCUT2D eigenvalue weighted by atomic mass is 10.0. The number of aryl methyl sites for hydroxylation is 1. The molecule has 36 heavy (non-hydrogen) atoms. The number of carbonyl (C=O) groups is 3. The largest absolute Gasteiger partial charge is 0.422 e. The number of amides is 2. The van der Waals surface area contributed by atoms with E-state index in [1.54, 1.807) is 54.6 Å². The summed E-state index contributed by atoms with van der Waals surface area (Å²) >= 11 is 12.2. The summed E-state index contributed by atoms with van der Waals surface area (Å²) in [4.78, 5) is 37.2. The average Bonchev–Trinajstić information content (AvgIpc) is 2.87. The molecular weight excluding hydrogens is 501 g/mol. The lowest BCUT2D eigenvalue weighted by molar-refractivity contribution is -0.136. The lowest BCUT2D eigenvalue weighted by Gasteiger charge is -2.11. The normalized spacial score (nSPS) is 10.9. The Kier molecular flexibility index (Phi) is 7.63. The van der Waals surface area contributed by atoms with Crippen LogP contribution in [0.25, 0.3) is 10.8 Å². The summed E-state index contributed by atoms with van der Waals surface area (Å²) in [6.07, 6.45) is 1.31. The number of hydrogen-bond acceptors (Lipinski definition) is 5. The number of nitrogens with one attached hydrogen (secondary N) is 2. The Labute approximate surface area is 216 Å². The van der Waals surface area contributed by atoms with Crippen LogP contribution in [0, 0.1) is 6.92 Å². The summed E-state index contributed by atoms with van der Waals surface area (Å²) in [6.45, 7) is 1.82. The van der Waals surface area contributed by atoms with Gasteiger partial charge in [0.15, 0.2) is 0 Å². The van der Waals surface area contributed by atoms with E-state index in [-0.39, 0.29) is 16.3 Å². The van der Waals surface area contributed by atoms with Crippen molar-refractivity contribution in [2.24, 2.45) is 5.10 Å². The van der Waals surface area contributed by atoms with Crippen LogP contribution < -0.4 is 15.5 Å². The molecule has 0 radical (unpaired) electrons. The van der Waals surface area contributed by atoms with Crippen molar-refractivity contribution in [1.29, 1.82) is 0 Å². The van der Waals surface area contributed by atoms with Crippen molar-refractivity contribution in [2.45, 2.75) is 6.92 Å². The molecule has 4 rings (SSSR count). The van der Waals surface area contributed by atoms with Gasteiger partial charge < -0.3 is 10.1 Å². The van der Waals surface area contributed by atoms with Gasteiger partial charge in [0.25, 0.3) is 0 Å². The maximum Gasteiger partial charge on any atom is 0.345 e. The van der Waals surface area contributed by atoms with E-state index in [1.807, 2.05) is 31.2 Å². The molecule has 0 saturated carbocycles. The van der Waals surface area contributed by atoms with Crippen molar-refractivity contribution in [1.82, 2.24) is 5.43 Å². The molecule has 0 heterocycles. The van der Waals surface area contributed by atoms with Gasteiger partial charge in [0.05, 0.1) is 16.8 Å². The maximum atomic E-state index is 12.7. The topological polar surface area (TPSA) is 96.9 Å². The summed E-state index contributed by atoms with van der Waals surface area (Å²) in [6, 6.07) is 22.2. The van der Waals surface area contributed by atoms with Crippen molar-refractivity contribution in [3.63, 3.8) is 0 Å². The molecule has 0 spiro atoms. The van der Waals surface area contributed by atoms with Gasteiger partial charge in [0.1, 0.15) is 5.75 Å². The first-order valence-electron chi connectivity index (χ1n) is 10.7. The third-order valence-corrected chi connectivity index (χ3v) is 5.96. The van der Waals surface area contributed by atoms with Crippen LogP contribution in [0.2, 0.25) is 10.0 Å². The summed E-state index contributed by atoms with van der Waals surface area (Å²) in [5.41, 5.74) is 4.03. The number of esters is 1. The highest BCUT2D eigenvalue weighted by molar-refractivity contribution is 6.40. The fourth-order valence-electron chi connectivity index (χ4n) is 3.34. The smallest absolute Gasteiger partial charge is 0.345 e. The van der Waals surface area contributed by atoms with Gasteiger partial charge >= 0.3 is 17.8 Å².